The first kappa shape index (κ1) is 18.6. The van der Waals surface area contributed by atoms with Crippen LogP contribution in [-0.4, -0.2) is 28.5 Å². The molecule has 1 N–H and O–H groups in total. The van der Waals surface area contributed by atoms with E-state index in [1.54, 1.807) is 6.07 Å². The van der Waals surface area contributed by atoms with Crippen LogP contribution in [-0.2, 0) is 0 Å². The minimum Gasteiger partial charge on any atom is -0.354 e. The Morgan fingerprint density at radius 2 is 2.08 bits per heavy atom. The van der Waals surface area contributed by atoms with Gasteiger partial charge in [0.2, 0.25) is 0 Å². The number of hydrogen-bond donors (Lipinski definition) is 1. The van der Waals surface area contributed by atoms with E-state index in [9.17, 15) is 4.79 Å². The van der Waals surface area contributed by atoms with E-state index in [1.165, 1.54) is 12.8 Å². The summed E-state index contributed by atoms with van der Waals surface area (Å²) in [7, 11) is 0. The number of piperidine rings is 1. The van der Waals surface area contributed by atoms with Crippen LogP contribution in [0.2, 0.25) is 5.02 Å². The fraction of sp³-hybridized carbons (Fsp3) is 0.450. The molecule has 0 spiro atoms. The lowest BCUT2D eigenvalue weighted by molar-refractivity contribution is 0.102. The van der Waals surface area contributed by atoms with Crippen LogP contribution < -0.4 is 10.2 Å². The van der Waals surface area contributed by atoms with Gasteiger partial charge in [0.05, 0.1) is 0 Å². The first-order chi connectivity index (χ1) is 12.5. The number of hydrogen-bond acceptors (Lipinski definition) is 4. The number of halogens is 1. The van der Waals surface area contributed by atoms with Crippen molar-refractivity contribution in [1.82, 2.24) is 9.97 Å². The molecule has 6 heteroatoms. The predicted octanol–water partition coefficient (Wildman–Crippen LogP) is 4.77. The number of aromatic nitrogens is 2. The highest BCUT2D eigenvalue weighted by atomic mass is 35.5. The number of nitrogens with zero attached hydrogens (tertiary/aromatic N) is 3. The van der Waals surface area contributed by atoms with Crippen molar-refractivity contribution in [3.05, 3.63) is 46.4 Å². The lowest BCUT2D eigenvalue weighted by Gasteiger charge is -2.36. The molecule has 1 saturated heterocycles. The summed E-state index contributed by atoms with van der Waals surface area (Å²) in [5, 5.41) is 3.58. The normalized spacial score (nSPS) is 17.2. The summed E-state index contributed by atoms with van der Waals surface area (Å²) in [5.41, 5.74) is 2.04. The van der Waals surface area contributed by atoms with Gasteiger partial charge in [-0.05, 0) is 63.3 Å². The number of anilines is 2. The average Bonchev–Trinajstić information content (AvgIpc) is 2.63. The maximum absolute atomic E-state index is 12.7. The van der Waals surface area contributed by atoms with Crippen LogP contribution >= 0.6 is 11.6 Å². The van der Waals surface area contributed by atoms with Gasteiger partial charge in [0, 0.05) is 29.4 Å². The van der Waals surface area contributed by atoms with Crippen molar-refractivity contribution in [2.75, 3.05) is 16.8 Å². The van der Waals surface area contributed by atoms with E-state index in [2.05, 4.69) is 27.1 Å². The molecule has 1 atom stereocenters. The molecule has 0 saturated carbocycles. The summed E-state index contributed by atoms with van der Waals surface area (Å²) in [6, 6.07) is 7.69. The van der Waals surface area contributed by atoms with Crippen molar-refractivity contribution in [2.24, 2.45) is 0 Å². The highest BCUT2D eigenvalue weighted by Crippen LogP contribution is 2.26. The zero-order valence-corrected chi connectivity index (χ0v) is 16.3. The molecule has 1 fully saturated rings. The van der Waals surface area contributed by atoms with Gasteiger partial charge in [0.25, 0.3) is 5.91 Å². The summed E-state index contributed by atoms with van der Waals surface area (Å²) >= 11 is 5.99. The third-order valence-electron chi connectivity index (χ3n) is 4.89. The molecule has 26 heavy (non-hydrogen) atoms. The van der Waals surface area contributed by atoms with Crippen LogP contribution in [0, 0.1) is 13.8 Å². The Bertz CT molecular complexity index is 808. The van der Waals surface area contributed by atoms with Crippen LogP contribution in [0.1, 0.15) is 54.5 Å². The Hall–Kier alpha value is -2.14. The molecule has 0 aliphatic carbocycles. The molecular formula is C20H25ClN4O. The van der Waals surface area contributed by atoms with E-state index in [0.717, 1.165) is 36.5 Å². The summed E-state index contributed by atoms with van der Waals surface area (Å²) in [6.45, 7) is 6.93. The summed E-state index contributed by atoms with van der Waals surface area (Å²) in [4.78, 5) is 24.0. The Morgan fingerprint density at radius 3 is 2.81 bits per heavy atom. The summed E-state index contributed by atoms with van der Waals surface area (Å²) in [6.07, 6.45) is 4.66. The zero-order chi connectivity index (χ0) is 18.7. The number of carbonyl (C=O) groups excluding carboxylic acids is 1. The van der Waals surface area contributed by atoms with E-state index in [1.807, 2.05) is 32.0 Å². The van der Waals surface area contributed by atoms with Gasteiger partial charge in [-0.1, -0.05) is 18.5 Å². The predicted molar refractivity (Wildman–Crippen MR) is 106 cm³/mol. The van der Waals surface area contributed by atoms with Gasteiger partial charge in [0.15, 0.2) is 0 Å². The monoisotopic (exact) mass is 372 g/mol. The molecule has 2 aromatic rings. The van der Waals surface area contributed by atoms with Gasteiger partial charge in [-0.25, -0.2) is 9.97 Å². The molecule has 1 aromatic carbocycles. The second kappa shape index (κ2) is 8.04. The third kappa shape index (κ3) is 4.15. The summed E-state index contributed by atoms with van der Waals surface area (Å²) in [5.74, 6) is 1.23. The molecule has 1 aliphatic heterocycles. The molecule has 1 amide bonds. The largest absolute Gasteiger partial charge is 0.354 e. The quantitative estimate of drug-likeness (QED) is 0.839. The van der Waals surface area contributed by atoms with Crippen molar-refractivity contribution in [3.8, 4) is 0 Å². The van der Waals surface area contributed by atoms with Crippen molar-refractivity contribution in [1.29, 1.82) is 0 Å². The molecular weight excluding hydrogens is 348 g/mol. The van der Waals surface area contributed by atoms with E-state index < -0.39 is 0 Å². The molecule has 2 heterocycles. The smallest absolute Gasteiger partial charge is 0.274 e. The summed E-state index contributed by atoms with van der Waals surface area (Å²) < 4.78 is 0. The molecule has 5 nitrogen and oxygen atoms in total. The van der Waals surface area contributed by atoms with Crippen LogP contribution in [0.5, 0.6) is 0 Å². The van der Waals surface area contributed by atoms with Crippen LogP contribution in [0.15, 0.2) is 24.3 Å². The highest BCUT2D eigenvalue weighted by molar-refractivity contribution is 6.30. The molecule has 3 rings (SSSR count). The van der Waals surface area contributed by atoms with Gasteiger partial charge in [0.1, 0.15) is 17.3 Å². The number of carbonyl (C=O) groups is 1. The first-order valence-corrected chi connectivity index (χ1v) is 9.55. The maximum atomic E-state index is 12.7. The van der Waals surface area contributed by atoms with E-state index in [4.69, 9.17) is 11.6 Å². The van der Waals surface area contributed by atoms with Gasteiger partial charge in [-0.15, -0.1) is 0 Å². The Morgan fingerprint density at radius 1 is 1.27 bits per heavy atom. The minimum atomic E-state index is -0.229. The van der Waals surface area contributed by atoms with E-state index >= 15 is 0 Å². The second-order valence-electron chi connectivity index (χ2n) is 6.82. The Labute approximate surface area is 159 Å². The SMILES string of the molecule is CCC1CCCCN1c1cc(C(=O)Nc2ccc(Cl)cc2C)nc(C)n1. The van der Waals surface area contributed by atoms with Crippen LogP contribution in [0.3, 0.4) is 0 Å². The minimum absolute atomic E-state index is 0.229. The number of amides is 1. The van der Waals surface area contributed by atoms with Crippen molar-refractivity contribution in [3.63, 3.8) is 0 Å². The molecule has 1 unspecified atom stereocenters. The average molecular weight is 373 g/mol. The van der Waals surface area contributed by atoms with Crippen LogP contribution in [0.4, 0.5) is 11.5 Å². The highest BCUT2D eigenvalue weighted by Gasteiger charge is 2.23. The topological polar surface area (TPSA) is 58.1 Å². The van der Waals surface area contributed by atoms with Crippen molar-refractivity contribution in [2.45, 2.75) is 52.5 Å². The van der Waals surface area contributed by atoms with Crippen molar-refractivity contribution < 1.29 is 4.79 Å². The van der Waals surface area contributed by atoms with Crippen LogP contribution in [0.25, 0.3) is 0 Å². The lowest BCUT2D eigenvalue weighted by Crippen LogP contribution is -2.40. The fourth-order valence-corrected chi connectivity index (χ4v) is 3.72. The molecule has 0 radical (unpaired) electrons. The van der Waals surface area contributed by atoms with Crippen molar-refractivity contribution >= 4 is 29.0 Å². The maximum Gasteiger partial charge on any atom is 0.274 e. The fourth-order valence-electron chi connectivity index (χ4n) is 3.50. The third-order valence-corrected chi connectivity index (χ3v) is 5.12. The van der Waals surface area contributed by atoms with Gasteiger partial charge < -0.3 is 10.2 Å². The van der Waals surface area contributed by atoms with Gasteiger partial charge >= 0.3 is 0 Å². The number of aryl methyl sites for hydroxylation is 2. The Kier molecular flexibility index (Phi) is 5.77. The molecule has 1 aliphatic rings. The standard InChI is InChI=1S/C20H25ClN4O/c1-4-16-7-5-6-10-25(16)19-12-18(22-14(3)23-19)20(26)24-17-9-8-15(21)11-13(17)2/h8-9,11-12,16H,4-7,10H2,1-3H3,(H,24,26). The number of rotatable bonds is 4. The first-order valence-electron chi connectivity index (χ1n) is 9.17. The Balaban J connectivity index is 1.85. The lowest BCUT2D eigenvalue weighted by atomic mass is 10.00. The molecule has 1 aromatic heterocycles. The number of benzene rings is 1. The van der Waals surface area contributed by atoms with E-state index in [-0.39, 0.29) is 5.91 Å². The number of nitrogens with one attached hydrogen (secondary N) is 1. The second-order valence-corrected chi connectivity index (χ2v) is 7.26. The van der Waals surface area contributed by atoms with Gasteiger partial charge in [-0.2, -0.15) is 0 Å². The molecule has 0 bridgehead atoms. The van der Waals surface area contributed by atoms with Gasteiger partial charge in [-0.3, -0.25) is 4.79 Å². The molecule has 138 valence electrons. The zero-order valence-electron chi connectivity index (χ0n) is 15.6. The van der Waals surface area contributed by atoms with E-state index in [0.29, 0.717) is 22.6 Å².